The average Bonchev–Trinajstić information content (AvgIpc) is 3.37. The van der Waals surface area contributed by atoms with E-state index < -0.39 is 0 Å². The zero-order valence-electron chi connectivity index (χ0n) is 13.7. The number of hydrogen-bond donors (Lipinski definition) is 3. The van der Waals surface area contributed by atoms with Gasteiger partial charge in [-0.25, -0.2) is 9.37 Å². The Balaban J connectivity index is 0.00000208. The molecule has 3 N–H and O–H groups in total. The topological polar surface area (TPSA) is 61.9 Å². The van der Waals surface area contributed by atoms with E-state index in [0.29, 0.717) is 17.6 Å². The van der Waals surface area contributed by atoms with Gasteiger partial charge in [-0.1, -0.05) is 6.07 Å². The molecule has 2 aromatic rings. The average molecular weight is 352 g/mol. The summed E-state index contributed by atoms with van der Waals surface area (Å²) in [4.78, 5) is 8.95. The minimum Gasteiger partial charge on any atom is -0.370 e. The zero-order chi connectivity index (χ0) is 16.1. The maximum Gasteiger partial charge on any atom is 0.229 e. The summed E-state index contributed by atoms with van der Waals surface area (Å²) in [5.74, 6) is 1.66. The number of nitrogens with zero attached hydrogens (tertiary/aromatic N) is 2. The highest BCUT2D eigenvalue weighted by Gasteiger charge is 2.27. The van der Waals surface area contributed by atoms with Crippen LogP contribution in [0.25, 0.3) is 0 Å². The number of anilines is 3. The zero-order valence-corrected chi connectivity index (χ0v) is 14.5. The SMILES string of the molecule is CNCCCNc1nc(Nc2cccc(F)c2)ncc1C1CC1.Cl. The van der Waals surface area contributed by atoms with Crippen LogP contribution in [0.4, 0.5) is 21.8 Å². The van der Waals surface area contributed by atoms with E-state index in [9.17, 15) is 4.39 Å². The van der Waals surface area contributed by atoms with E-state index >= 15 is 0 Å². The van der Waals surface area contributed by atoms with E-state index in [1.165, 1.54) is 30.5 Å². The monoisotopic (exact) mass is 351 g/mol. The highest BCUT2D eigenvalue weighted by atomic mass is 35.5. The molecule has 0 unspecified atom stereocenters. The molecule has 0 radical (unpaired) electrons. The Kier molecular flexibility index (Phi) is 6.75. The van der Waals surface area contributed by atoms with Gasteiger partial charge in [0.2, 0.25) is 5.95 Å². The summed E-state index contributed by atoms with van der Waals surface area (Å²) < 4.78 is 13.3. The molecule has 3 rings (SSSR count). The maximum atomic E-state index is 13.3. The summed E-state index contributed by atoms with van der Waals surface area (Å²) in [6, 6.07) is 6.30. The van der Waals surface area contributed by atoms with Gasteiger partial charge in [0.05, 0.1) is 0 Å². The molecular formula is C17H23ClFN5. The molecule has 1 aliphatic carbocycles. The third-order valence-corrected chi connectivity index (χ3v) is 3.81. The molecule has 0 atom stereocenters. The summed E-state index contributed by atoms with van der Waals surface area (Å²) in [7, 11) is 1.95. The summed E-state index contributed by atoms with van der Waals surface area (Å²) >= 11 is 0. The molecule has 0 spiro atoms. The molecule has 1 saturated carbocycles. The Labute approximate surface area is 147 Å². The highest BCUT2D eigenvalue weighted by Crippen LogP contribution is 2.42. The van der Waals surface area contributed by atoms with Gasteiger partial charge in [0.15, 0.2) is 0 Å². The Hall–Kier alpha value is -1.92. The molecule has 0 bridgehead atoms. The van der Waals surface area contributed by atoms with Crippen LogP contribution in [-0.2, 0) is 0 Å². The Morgan fingerprint density at radius 1 is 1.25 bits per heavy atom. The van der Waals surface area contributed by atoms with Crippen LogP contribution in [0.1, 0.15) is 30.7 Å². The van der Waals surface area contributed by atoms with Crippen molar-refractivity contribution < 1.29 is 4.39 Å². The van der Waals surface area contributed by atoms with Gasteiger partial charge >= 0.3 is 0 Å². The smallest absolute Gasteiger partial charge is 0.229 e. The third-order valence-electron chi connectivity index (χ3n) is 3.81. The van der Waals surface area contributed by atoms with E-state index in [4.69, 9.17) is 0 Å². The van der Waals surface area contributed by atoms with Crippen molar-refractivity contribution >= 4 is 29.9 Å². The van der Waals surface area contributed by atoms with E-state index in [2.05, 4.69) is 25.9 Å². The number of halogens is 2. The van der Waals surface area contributed by atoms with Crippen LogP contribution in [0.5, 0.6) is 0 Å². The van der Waals surface area contributed by atoms with Crippen molar-refractivity contribution in [1.29, 1.82) is 0 Å². The number of benzene rings is 1. The van der Waals surface area contributed by atoms with E-state index in [1.807, 2.05) is 13.2 Å². The van der Waals surface area contributed by atoms with Gasteiger partial charge in [-0.05, 0) is 57.0 Å². The van der Waals surface area contributed by atoms with Gasteiger partial charge in [-0.2, -0.15) is 4.98 Å². The normalized spacial score (nSPS) is 13.2. The fourth-order valence-electron chi connectivity index (χ4n) is 2.45. The fourth-order valence-corrected chi connectivity index (χ4v) is 2.45. The molecular weight excluding hydrogens is 329 g/mol. The summed E-state index contributed by atoms with van der Waals surface area (Å²) in [5, 5.41) is 9.59. The lowest BCUT2D eigenvalue weighted by molar-refractivity contribution is 0.628. The standard InChI is InChI=1S/C17H22FN5.ClH/c1-19-8-3-9-20-16-15(12-6-7-12)11-21-17(23-16)22-14-5-2-4-13(18)10-14;/h2,4-5,10-12,19H,3,6-9H2,1H3,(H2,20,21,22,23);1H. The van der Waals surface area contributed by atoms with E-state index in [1.54, 1.807) is 12.1 Å². The first-order valence-corrected chi connectivity index (χ1v) is 8.04. The molecule has 0 saturated heterocycles. The van der Waals surface area contributed by atoms with Crippen molar-refractivity contribution in [3.8, 4) is 0 Å². The predicted octanol–water partition coefficient (Wildman–Crippen LogP) is 3.68. The number of aromatic nitrogens is 2. The summed E-state index contributed by atoms with van der Waals surface area (Å²) in [6.45, 7) is 1.82. The molecule has 130 valence electrons. The molecule has 1 fully saturated rings. The van der Waals surface area contributed by atoms with Crippen LogP contribution in [0.2, 0.25) is 0 Å². The minimum absolute atomic E-state index is 0. The fraction of sp³-hybridized carbons (Fsp3) is 0.412. The van der Waals surface area contributed by atoms with Crippen LogP contribution in [0, 0.1) is 5.82 Å². The molecule has 1 aliphatic rings. The van der Waals surface area contributed by atoms with Crippen LogP contribution in [-0.4, -0.2) is 30.1 Å². The Morgan fingerprint density at radius 2 is 2.08 bits per heavy atom. The number of nitrogens with one attached hydrogen (secondary N) is 3. The van der Waals surface area contributed by atoms with Gasteiger partial charge in [0.25, 0.3) is 0 Å². The number of hydrogen-bond acceptors (Lipinski definition) is 5. The Morgan fingerprint density at radius 3 is 2.79 bits per heavy atom. The molecule has 5 nitrogen and oxygen atoms in total. The lowest BCUT2D eigenvalue weighted by Gasteiger charge is -2.12. The number of rotatable bonds is 8. The summed E-state index contributed by atoms with van der Waals surface area (Å²) in [5.41, 5.74) is 1.82. The van der Waals surface area contributed by atoms with Crippen molar-refractivity contribution in [3.63, 3.8) is 0 Å². The second-order valence-corrected chi connectivity index (χ2v) is 5.79. The largest absolute Gasteiger partial charge is 0.370 e. The molecule has 7 heteroatoms. The van der Waals surface area contributed by atoms with Crippen molar-refractivity contribution in [2.75, 3.05) is 30.8 Å². The van der Waals surface area contributed by atoms with Crippen molar-refractivity contribution in [1.82, 2.24) is 15.3 Å². The van der Waals surface area contributed by atoms with Crippen molar-refractivity contribution in [2.24, 2.45) is 0 Å². The maximum absolute atomic E-state index is 13.3. The lowest BCUT2D eigenvalue weighted by atomic mass is 10.2. The van der Waals surface area contributed by atoms with Crippen molar-refractivity contribution in [3.05, 3.63) is 41.8 Å². The van der Waals surface area contributed by atoms with Crippen LogP contribution < -0.4 is 16.0 Å². The summed E-state index contributed by atoms with van der Waals surface area (Å²) in [6.07, 6.45) is 5.31. The first kappa shape index (κ1) is 18.4. The van der Waals surface area contributed by atoms with E-state index in [0.717, 1.165) is 25.3 Å². The lowest BCUT2D eigenvalue weighted by Crippen LogP contribution is -2.14. The van der Waals surface area contributed by atoms with Crippen LogP contribution >= 0.6 is 12.4 Å². The second kappa shape index (κ2) is 8.80. The molecule has 24 heavy (non-hydrogen) atoms. The molecule has 0 amide bonds. The second-order valence-electron chi connectivity index (χ2n) is 5.79. The first-order chi connectivity index (χ1) is 11.3. The molecule has 1 aromatic heterocycles. The predicted molar refractivity (Wildman–Crippen MR) is 98.0 cm³/mol. The van der Waals surface area contributed by atoms with Crippen LogP contribution in [0.15, 0.2) is 30.5 Å². The molecule has 1 aromatic carbocycles. The van der Waals surface area contributed by atoms with Gasteiger partial charge in [0, 0.05) is 24.0 Å². The van der Waals surface area contributed by atoms with Crippen molar-refractivity contribution in [2.45, 2.75) is 25.2 Å². The Bertz CT molecular complexity index is 663. The van der Waals surface area contributed by atoms with Crippen LogP contribution in [0.3, 0.4) is 0 Å². The van der Waals surface area contributed by atoms with Gasteiger partial charge in [-0.15, -0.1) is 12.4 Å². The quantitative estimate of drug-likeness (QED) is 0.633. The van der Waals surface area contributed by atoms with E-state index in [-0.39, 0.29) is 18.2 Å². The highest BCUT2D eigenvalue weighted by molar-refractivity contribution is 5.85. The minimum atomic E-state index is -0.282. The van der Waals surface area contributed by atoms with Gasteiger partial charge in [-0.3, -0.25) is 0 Å². The molecule has 1 heterocycles. The first-order valence-electron chi connectivity index (χ1n) is 8.04. The molecule has 0 aliphatic heterocycles. The third kappa shape index (κ3) is 5.04. The van der Waals surface area contributed by atoms with Gasteiger partial charge in [0.1, 0.15) is 11.6 Å². The van der Waals surface area contributed by atoms with Gasteiger partial charge < -0.3 is 16.0 Å².